The van der Waals surface area contributed by atoms with Gasteiger partial charge in [-0.25, -0.2) is 13.4 Å². The number of methoxy groups -OCH3 is 3. The molecule has 11 nitrogen and oxygen atoms in total. The predicted octanol–water partition coefficient (Wildman–Crippen LogP) is 5.74. The monoisotopic (exact) mass is 648 g/mol. The summed E-state index contributed by atoms with van der Waals surface area (Å²) < 4.78 is 62.1. The molecule has 0 radical (unpaired) electrons. The highest BCUT2D eigenvalue weighted by molar-refractivity contribution is 7.99. The molecule has 0 aliphatic carbocycles. The maximum atomic E-state index is 13.5. The van der Waals surface area contributed by atoms with Crippen LogP contribution in [0.2, 0.25) is 0 Å². The number of thioether (sulfide) groups is 1. The van der Waals surface area contributed by atoms with E-state index >= 15 is 0 Å². The molecule has 1 aromatic heterocycles. The molecule has 0 saturated carbocycles. The third kappa shape index (κ3) is 8.19. The lowest BCUT2D eigenvalue weighted by Crippen LogP contribution is -2.16. The Morgan fingerprint density at radius 1 is 0.955 bits per heavy atom. The number of ether oxygens (including phenoxy) is 6. The molecule has 0 spiro atoms. The smallest absolute Gasteiger partial charge is 0.203 e. The second-order valence-corrected chi connectivity index (χ2v) is 13.3. The largest absolute Gasteiger partial charge is 0.493 e. The van der Waals surface area contributed by atoms with Crippen molar-refractivity contribution >= 4 is 27.4 Å². The quantitative estimate of drug-likeness (QED) is 0.142. The zero-order chi connectivity index (χ0) is 31.7. The second-order valence-electron chi connectivity index (χ2n) is 10.3. The lowest BCUT2D eigenvalue weighted by molar-refractivity contribution is -0.114. The normalized spacial score (nSPS) is 16.5. The molecule has 44 heavy (non-hydrogen) atoms. The lowest BCUT2D eigenvalue weighted by atomic mass is 10.0. The second kappa shape index (κ2) is 15.5. The molecular formula is C31H40N2O9S2. The van der Waals surface area contributed by atoms with Gasteiger partial charge in [-0.05, 0) is 68.0 Å². The number of nitrogens with zero attached hydrogens (tertiary/aromatic N) is 1. The molecule has 1 aliphatic rings. The van der Waals surface area contributed by atoms with Crippen LogP contribution in [-0.4, -0.2) is 70.2 Å². The summed E-state index contributed by atoms with van der Waals surface area (Å²) >= 11 is 1.57. The van der Waals surface area contributed by atoms with E-state index in [-0.39, 0.29) is 23.4 Å². The molecule has 2 heterocycles. The summed E-state index contributed by atoms with van der Waals surface area (Å²) in [6.07, 6.45) is 5.38. The van der Waals surface area contributed by atoms with Crippen LogP contribution >= 0.6 is 11.8 Å². The summed E-state index contributed by atoms with van der Waals surface area (Å²) in [5, 5.41) is 0.816. The van der Waals surface area contributed by atoms with Crippen molar-refractivity contribution in [1.82, 2.24) is 9.97 Å². The van der Waals surface area contributed by atoms with Crippen LogP contribution in [0.25, 0.3) is 0 Å². The molecule has 240 valence electrons. The average Bonchev–Trinajstić information content (AvgIpc) is 3.71. The van der Waals surface area contributed by atoms with Crippen LogP contribution in [0.15, 0.2) is 46.7 Å². The van der Waals surface area contributed by atoms with Crippen LogP contribution in [0, 0.1) is 0 Å². The van der Waals surface area contributed by atoms with Gasteiger partial charge in [0, 0.05) is 18.1 Å². The lowest BCUT2D eigenvalue weighted by Gasteiger charge is -2.21. The fourth-order valence-electron chi connectivity index (χ4n) is 4.97. The average molecular weight is 649 g/mol. The number of Topliss-reactive ketones (excluding diaryl/α,β-unsaturated/α-hetero) is 1. The molecule has 0 bridgehead atoms. The summed E-state index contributed by atoms with van der Waals surface area (Å²) in [6.45, 7) is 3.80. The van der Waals surface area contributed by atoms with Crippen LogP contribution < -0.4 is 23.7 Å². The minimum atomic E-state index is -4.02. The molecule has 0 amide bonds. The van der Waals surface area contributed by atoms with Gasteiger partial charge in [-0.2, -0.15) is 0 Å². The third-order valence-corrected chi connectivity index (χ3v) is 9.68. The molecule has 1 N–H and O–H groups in total. The molecular weight excluding hydrogens is 608 g/mol. The van der Waals surface area contributed by atoms with E-state index in [1.165, 1.54) is 6.92 Å². The topological polar surface area (TPSA) is 135 Å². The molecule has 2 atom stereocenters. The van der Waals surface area contributed by atoms with Gasteiger partial charge >= 0.3 is 0 Å². The Kier molecular flexibility index (Phi) is 11.8. The summed E-state index contributed by atoms with van der Waals surface area (Å²) in [5.74, 6) is 1.59. The van der Waals surface area contributed by atoms with Crippen molar-refractivity contribution in [3.63, 3.8) is 0 Å². The van der Waals surface area contributed by atoms with Gasteiger partial charge in [0.05, 0.1) is 46.8 Å². The van der Waals surface area contributed by atoms with Crippen molar-refractivity contribution in [3.8, 4) is 28.7 Å². The third-order valence-electron chi connectivity index (χ3n) is 6.93. The van der Waals surface area contributed by atoms with E-state index in [0.717, 1.165) is 16.5 Å². The zero-order valence-electron chi connectivity index (χ0n) is 25.7. The number of nitrogens with one attached hydrogen (secondary N) is 1. The van der Waals surface area contributed by atoms with Crippen molar-refractivity contribution in [2.24, 2.45) is 0 Å². The van der Waals surface area contributed by atoms with Crippen molar-refractivity contribution in [2.45, 2.75) is 61.8 Å². The fourth-order valence-corrected chi connectivity index (χ4v) is 7.16. The van der Waals surface area contributed by atoms with Crippen molar-refractivity contribution in [2.75, 3.05) is 46.0 Å². The Morgan fingerprint density at radius 3 is 2.18 bits per heavy atom. The zero-order valence-corrected chi connectivity index (χ0v) is 27.3. The van der Waals surface area contributed by atoms with Crippen molar-refractivity contribution < 1.29 is 41.6 Å². The Balaban J connectivity index is 1.64. The minimum absolute atomic E-state index is 0.0709. The van der Waals surface area contributed by atoms with E-state index in [9.17, 15) is 13.2 Å². The number of ketones is 1. The van der Waals surface area contributed by atoms with Gasteiger partial charge in [0.1, 0.15) is 16.4 Å². The molecule has 3 aromatic rings. The summed E-state index contributed by atoms with van der Waals surface area (Å²) in [4.78, 5) is 19.2. The van der Waals surface area contributed by atoms with E-state index in [1.807, 2.05) is 19.1 Å². The highest BCUT2D eigenvalue weighted by Gasteiger charge is 2.33. The Bertz CT molecular complexity index is 1490. The van der Waals surface area contributed by atoms with E-state index in [4.69, 9.17) is 28.4 Å². The van der Waals surface area contributed by atoms with E-state index in [0.29, 0.717) is 60.9 Å². The van der Waals surface area contributed by atoms with E-state index < -0.39 is 27.5 Å². The Hall–Kier alpha value is -3.42. The van der Waals surface area contributed by atoms with E-state index in [1.54, 1.807) is 57.6 Å². The van der Waals surface area contributed by atoms with Crippen molar-refractivity contribution in [3.05, 3.63) is 47.8 Å². The molecule has 1 aliphatic heterocycles. The van der Waals surface area contributed by atoms with Gasteiger partial charge in [-0.15, -0.1) is 0 Å². The number of rotatable bonds is 17. The minimum Gasteiger partial charge on any atom is -0.493 e. The van der Waals surface area contributed by atoms with Crippen LogP contribution in [-0.2, 0) is 19.4 Å². The van der Waals surface area contributed by atoms with Crippen LogP contribution in [0.1, 0.15) is 62.9 Å². The number of aromatic nitrogens is 2. The van der Waals surface area contributed by atoms with Crippen molar-refractivity contribution in [1.29, 1.82) is 0 Å². The SMILES string of the molecule is CCCOc1c(OCCCSc2ncc[nH]2)cc(C2CCC(c3cc(OC)c(OC)c(OC)c3)O2)cc1S(=O)(=O)CC(C)=O. The number of aromatic amines is 1. The van der Waals surface area contributed by atoms with Crippen LogP contribution in [0.4, 0.5) is 0 Å². The maximum Gasteiger partial charge on any atom is 0.203 e. The number of H-pyrrole nitrogens is 1. The van der Waals surface area contributed by atoms with Gasteiger partial charge in [0.15, 0.2) is 38.0 Å². The van der Waals surface area contributed by atoms with Gasteiger partial charge in [0.25, 0.3) is 0 Å². The number of carbonyl (C=O) groups is 1. The Labute approximate surface area is 262 Å². The van der Waals surface area contributed by atoms with Gasteiger partial charge in [0.2, 0.25) is 5.75 Å². The highest BCUT2D eigenvalue weighted by Crippen LogP contribution is 2.48. The fraction of sp³-hybridized carbons (Fsp3) is 0.484. The molecule has 2 unspecified atom stereocenters. The summed E-state index contributed by atoms with van der Waals surface area (Å²) in [6, 6.07) is 7.06. The summed E-state index contributed by atoms with van der Waals surface area (Å²) in [5.41, 5.74) is 1.48. The van der Waals surface area contributed by atoms with Gasteiger partial charge in [-0.3, -0.25) is 4.79 Å². The van der Waals surface area contributed by atoms with Crippen LogP contribution in [0.3, 0.4) is 0 Å². The molecule has 1 saturated heterocycles. The number of carbonyl (C=O) groups excluding carboxylic acids is 1. The first-order valence-electron chi connectivity index (χ1n) is 14.4. The highest BCUT2D eigenvalue weighted by atomic mass is 32.2. The number of imidazole rings is 1. The van der Waals surface area contributed by atoms with E-state index in [2.05, 4.69) is 9.97 Å². The molecule has 2 aromatic carbocycles. The first-order chi connectivity index (χ1) is 21.2. The Morgan fingerprint density at radius 2 is 1.61 bits per heavy atom. The summed E-state index contributed by atoms with van der Waals surface area (Å²) in [7, 11) is 0.637. The predicted molar refractivity (Wildman–Crippen MR) is 166 cm³/mol. The first kappa shape index (κ1) is 33.5. The maximum absolute atomic E-state index is 13.5. The van der Waals surface area contributed by atoms with Gasteiger partial charge < -0.3 is 33.4 Å². The molecule has 1 fully saturated rings. The standard InChI is InChI=1S/C31H40N2O9S2/c1-6-12-41-30-27(40-13-7-14-43-31-32-10-11-33-31)17-22(18-28(30)44(35,36)19-20(2)34)24-9-8-23(42-24)21-15-25(37-3)29(39-5)26(16-21)38-4/h10-11,15-18,23-24H,6-9,12-14,19H2,1-5H3,(H,32,33). The number of sulfone groups is 1. The number of hydrogen-bond acceptors (Lipinski definition) is 11. The molecule has 4 rings (SSSR count). The number of hydrogen-bond donors (Lipinski definition) is 1. The van der Waals surface area contributed by atoms with Gasteiger partial charge in [-0.1, -0.05) is 18.7 Å². The van der Waals surface area contributed by atoms with Crippen LogP contribution in [0.5, 0.6) is 28.7 Å². The first-order valence-corrected chi connectivity index (χ1v) is 17.1. The molecule has 13 heteroatoms. The number of benzene rings is 2.